The zero-order chi connectivity index (χ0) is 11.6. The summed E-state index contributed by atoms with van der Waals surface area (Å²) >= 11 is 2.01. The second-order valence-corrected chi connectivity index (χ2v) is 5.54. The van der Waals surface area contributed by atoms with Crippen LogP contribution in [0.5, 0.6) is 0 Å². The van der Waals surface area contributed by atoms with Gasteiger partial charge in [-0.3, -0.25) is 4.79 Å². The summed E-state index contributed by atoms with van der Waals surface area (Å²) in [7, 11) is 0. The van der Waals surface area contributed by atoms with E-state index in [-0.39, 0.29) is 5.91 Å². The molecule has 0 bridgehead atoms. The number of carbonyl (C=O) groups excluding carboxylic acids is 1. The summed E-state index contributed by atoms with van der Waals surface area (Å²) in [6.45, 7) is 4.91. The van der Waals surface area contributed by atoms with Crippen molar-refractivity contribution in [3.8, 4) is 0 Å². The predicted molar refractivity (Wildman–Crippen MR) is 70.8 cm³/mol. The Hall–Kier alpha value is -0.220. The van der Waals surface area contributed by atoms with E-state index in [2.05, 4.69) is 17.6 Å². The first-order chi connectivity index (χ1) is 7.83. The van der Waals surface area contributed by atoms with Gasteiger partial charge in [0.15, 0.2) is 0 Å². The Bertz CT molecular complexity index is 193. The first-order valence-corrected chi connectivity index (χ1v) is 7.53. The number of nitrogens with one attached hydrogen (secondary N) is 2. The van der Waals surface area contributed by atoms with Crippen molar-refractivity contribution in [2.75, 3.05) is 31.1 Å². The van der Waals surface area contributed by atoms with Crippen LogP contribution in [0.2, 0.25) is 0 Å². The summed E-state index contributed by atoms with van der Waals surface area (Å²) < 4.78 is 0. The Kier molecular flexibility index (Phi) is 7.68. The molecule has 1 aliphatic heterocycles. The molecular formula is C12H24N2OS. The smallest absolute Gasteiger partial charge is 0.220 e. The van der Waals surface area contributed by atoms with Gasteiger partial charge in [-0.05, 0) is 49.8 Å². The van der Waals surface area contributed by atoms with Gasteiger partial charge in [-0.15, -0.1) is 0 Å². The molecule has 1 heterocycles. The second kappa shape index (κ2) is 8.88. The Balaban J connectivity index is 1.97. The van der Waals surface area contributed by atoms with E-state index in [9.17, 15) is 4.79 Å². The second-order valence-electron chi connectivity index (χ2n) is 4.32. The molecule has 0 aromatic carbocycles. The Morgan fingerprint density at radius 1 is 1.31 bits per heavy atom. The van der Waals surface area contributed by atoms with E-state index in [1.54, 1.807) is 0 Å². The van der Waals surface area contributed by atoms with Crippen LogP contribution >= 0.6 is 11.8 Å². The van der Waals surface area contributed by atoms with E-state index in [4.69, 9.17) is 0 Å². The third-order valence-corrected chi connectivity index (χ3v) is 3.97. The minimum Gasteiger partial charge on any atom is -0.356 e. The van der Waals surface area contributed by atoms with Crippen molar-refractivity contribution in [3.63, 3.8) is 0 Å². The van der Waals surface area contributed by atoms with Crippen molar-refractivity contribution in [1.29, 1.82) is 0 Å². The Morgan fingerprint density at radius 2 is 2.06 bits per heavy atom. The van der Waals surface area contributed by atoms with E-state index in [1.165, 1.54) is 24.3 Å². The molecule has 0 aromatic rings. The lowest BCUT2D eigenvalue weighted by Crippen LogP contribution is -2.29. The maximum Gasteiger partial charge on any atom is 0.220 e. The highest BCUT2D eigenvalue weighted by Crippen LogP contribution is 2.24. The summed E-state index contributed by atoms with van der Waals surface area (Å²) in [5.74, 6) is 3.35. The van der Waals surface area contributed by atoms with Gasteiger partial charge in [-0.25, -0.2) is 0 Å². The summed E-state index contributed by atoms with van der Waals surface area (Å²) in [6, 6.07) is 0. The van der Waals surface area contributed by atoms with Gasteiger partial charge in [0.2, 0.25) is 5.91 Å². The third-order valence-electron chi connectivity index (χ3n) is 2.92. The number of carbonyl (C=O) groups is 1. The predicted octanol–water partition coefficient (Wildman–Crippen LogP) is 1.64. The van der Waals surface area contributed by atoms with Crippen molar-refractivity contribution >= 4 is 17.7 Å². The molecular weight excluding hydrogens is 220 g/mol. The number of hydrogen-bond donors (Lipinski definition) is 2. The molecule has 4 heteroatoms. The van der Waals surface area contributed by atoms with Crippen molar-refractivity contribution in [1.82, 2.24) is 10.6 Å². The van der Waals surface area contributed by atoms with E-state index in [1.807, 2.05) is 11.8 Å². The van der Waals surface area contributed by atoms with E-state index >= 15 is 0 Å². The number of rotatable bonds is 7. The quantitative estimate of drug-likeness (QED) is 0.669. The lowest BCUT2D eigenvalue weighted by atomic mass is 9.98. The molecule has 3 nitrogen and oxygen atoms in total. The minimum absolute atomic E-state index is 0.244. The molecule has 0 spiro atoms. The maximum atomic E-state index is 11.6. The maximum absolute atomic E-state index is 11.6. The van der Waals surface area contributed by atoms with Gasteiger partial charge in [0.1, 0.15) is 0 Å². The van der Waals surface area contributed by atoms with Crippen LogP contribution in [0.4, 0.5) is 0 Å². The summed E-state index contributed by atoms with van der Waals surface area (Å²) in [5, 5.41) is 6.25. The molecule has 2 N–H and O–H groups in total. The molecule has 1 aliphatic rings. The minimum atomic E-state index is 0.244. The fraction of sp³-hybridized carbons (Fsp3) is 0.917. The van der Waals surface area contributed by atoms with Crippen LogP contribution in [-0.2, 0) is 4.79 Å². The molecule has 1 fully saturated rings. The van der Waals surface area contributed by atoms with Gasteiger partial charge in [0.05, 0.1) is 0 Å². The van der Waals surface area contributed by atoms with Gasteiger partial charge < -0.3 is 10.6 Å². The van der Waals surface area contributed by atoms with Gasteiger partial charge in [-0.2, -0.15) is 11.8 Å². The molecule has 1 amide bonds. The van der Waals surface area contributed by atoms with Gasteiger partial charge in [0, 0.05) is 13.0 Å². The summed E-state index contributed by atoms with van der Waals surface area (Å²) in [5.41, 5.74) is 0. The van der Waals surface area contributed by atoms with Crippen molar-refractivity contribution in [2.45, 2.75) is 32.6 Å². The lowest BCUT2D eigenvalue weighted by Gasteiger charge is -2.20. The highest BCUT2D eigenvalue weighted by molar-refractivity contribution is 7.99. The van der Waals surface area contributed by atoms with Crippen LogP contribution in [0.3, 0.4) is 0 Å². The molecule has 94 valence electrons. The van der Waals surface area contributed by atoms with E-state index in [0.29, 0.717) is 5.92 Å². The Labute approximate surface area is 103 Å². The molecule has 0 unspecified atom stereocenters. The van der Waals surface area contributed by atoms with E-state index in [0.717, 1.165) is 32.5 Å². The van der Waals surface area contributed by atoms with Gasteiger partial charge in [0.25, 0.3) is 0 Å². The van der Waals surface area contributed by atoms with Gasteiger partial charge >= 0.3 is 0 Å². The van der Waals surface area contributed by atoms with Crippen molar-refractivity contribution in [2.24, 2.45) is 5.92 Å². The topological polar surface area (TPSA) is 41.1 Å². The first kappa shape index (κ1) is 13.8. The average Bonchev–Trinajstić information content (AvgIpc) is 2.30. The third kappa shape index (κ3) is 6.38. The van der Waals surface area contributed by atoms with Crippen molar-refractivity contribution in [3.05, 3.63) is 0 Å². The SMILES string of the molecule is CCNCCCNC(=O)CC1CCSCC1. The summed E-state index contributed by atoms with van der Waals surface area (Å²) in [6.07, 6.45) is 4.20. The van der Waals surface area contributed by atoms with Crippen LogP contribution in [0.15, 0.2) is 0 Å². The fourth-order valence-electron chi connectivity index (χ4n) is 1.90. The molecule has 16 heavy (non-hydrogen) atoms. The fourth-order valence-corrected chi connectivity index (χ4v) is 3.11. The van der Waals surface area contributed by atoms with Crippen molar-refractivity contribution < 1.29 is 4.79 Å². The largest absolute Gasteiger partial charge is 0.356 e. The lowest BCUT2D eigenvalue weighted by molar-refractivity contribution is -0.122. The van der Waals surface area contributed by atoms with E-state index < -0.39 is 0 Å². The highest BCUT2D eigenvalue weighted by atomic mass is 32.2. The zero-order valence-electron chi connectivity index (χ0n) is 10.3. The Morgan fingerprint density at radius 3 is 2.75 bits per heavy atom. The first-order valence-electron chi connectivity index (χ1n) is 6.38. The normalized spacial score (nSPS) is 17.3. The molecule has 0 aliphatic carbocycles. The molecule has 1 rings (SSSR count). The van der Waals surface area contributed by atoms with Crippen LogP contribution < -0.4 is 10.6 Å². The highest BCUT2D eigenvalue weighted by Gasteiger charge is 2.16. The standard InChI is InChI=1S/C12H24N2OS/c1-2-13-6-3-7-14-12(15)10-11-4-8-16-9-5-11/h11,13H,2-10H2,1H3,(H,14,15). The number of amides is 1. The number of thioether (sulfide) groups is 1. The molecule has 0 aromatic heterocycles. The molecule has 1 saturated heterocycles. The van der Waals surface area contributed by atoms with Crippen LogP contribution in [-0.4, -0.2) is 37.0 Å². The van der Waals surface area contributed by atoms with Crippen LogP contribution in [0.25, 0.3) is 0 Å². The molecule has 0 atom stereocenters. The molecule has 0 saturated carbocycles. The summed E-state index contributed by atoms with van der Waals surface area (Å²) in [4.78, 5) is 11.6. The molecule has 0 radical (unpaired) electrons. The average molecular weight is 244 g/mol. The van der Waals surface area contributed by atoms with Crippen LogP contribution in [0, 0.1) is 5.92 Å². The monoisotopic (exact) mass is 244 g/mol. The van der Waals surface area contributed by atoms with Crippen LogP contribution in [0.1, 0.15) is 32.6 Å². The zero-order valence-corrected chi connectivity index (χ0v) is 11.1. The van der Waals surface area contributed by atoms with Gasteiger partial charge in [-0.1, -0.05) is 6.92 Å². The number of hydrogen-bond acceptors (Lipinski definition) is 3.